The average molecular weight is 415 g/mol. The molecule has 1 aliphatic heterocycles. The molecule has 0 bridgehead atoms. The molecule has 1 saturated heterocycles. The summed E-state index contributed by atoms with van der Waals surface area (Å²) in [6.45, 7) is 7.69. The fraction of sp³-hybridized carbons (Fsp3) is 0.478. The van der Waals surface area contributed by atoms with Crippen LogP contribution in [0.3, 0.4) is 0 Å². The molecule has 7 heteroatoms. The summed E-state index contributed by atoms with van der Waals surface area (Å²) in [6.07, 6.45) is 2.02. The van der Waals surface area contributed by atoms with Crippen molar-refractivity contribution in [1.82, 2.24) is 4.90 Å². The van der Waals surface area contributed by atoms with Gasteiger partial charge in [-0.25, -0.2) is 4.79 Å². The van der Waals surface area contributed by atoms with Gasteiger partial charge in [0.2, 0.25) is 0 Å². The number of carbonyl (C=O) groups is 2. The van der Waals surface area contributed by atoms with Crippen LogP contribution < -0.4 is 4.74 Å². The normalized spacial score (nSPS) is 16.4. The number of likely N-dealkylation sites (tertiary alicyclic amines) is 1. The number of piperidine rings is 1. The Morgan fingerprint density at radius 1 is 1.17 bits per heavy atom. The Kier molecular flexibility index (Phi) is 6.22. The topological polar surface area (TPSA) is 89.2 Å². The molecule has 162 valence electrons. The lowest BCUT2D eigenvalue weighted by Crippen LogP contribution is -2.45. The second-order valence-electron chi connectivity index (χ2n) is 8.40. The first kappa shape index (κ1) is 21.9. The first-order chi connectivity index (χ1) is 14.1. The number of hydrogen-bond donors (Lipinski definition) is 1. The maximum absolute atomic E-state index is 12.4. The Labute approximate surface area is 176 Å². The Hall–Kier alpha value is -2.80. The van der Waals surface area contributed by atoms with Gasteiger partial charge in [-0.2, -0.15) is 0 Å². The maximum Gasteiger partial charge on any atom is 0.350 e. The highest BCUT2D eigenvalue weighted by Gasteiger charge is 2.37. The van der Waals surface area contributed by atoms with Crippen LogP contribution in [0.5, 0.6) is 5.75 Å². The van der Waals surface area contributed by atoms with E-state index in [0.29, 0.717) is 43.0 Å². The van der Waals surface area contributed by atoms with Crippen LogP contribution in [-0.2, 0) is 15.1 Å². The molecule has 30 heavy (non-hydrogen) atoms. The van der Waals surface area contributed by atoms with Gasteiger partial charge in [-0.05, 0) is 70.4 Å². The van der Waals surface area contributed by atoms with Crippen LogP contribution in [-0.4, -0.2) is 46.7 Å². The molecule has 1 N–H and O–H groups in total. The van der Waals surface area contributed by atoms with E-state index in [4.69, 9.17) is 13.9 Å². The summed E-state index contributed by atoms with van der Waals surface area (Å²) in [5.74, 6) is 0.142. The first-order valence-corrected chi connectivity index (χ1v) is 10.2. The molecule has 1 fully saturated rings. The summed E-state index contributed by atoms with van der Waals surface area (Å²) in [6, 6.07) is 10.4. The van der Waals surface area contributed by atoms with E-state index in [1.54, 1.807) is 62.9 Å². The highest BCUT2D eigenvalue weighted by Crippen LogP contribution is 2.35. The van der Waals surface area contributed by atoms with E-state index < -0.39 is 17.2 Å². The van der Waals surface area contributed by atoms with Gasteiger partial charge in [0.1, 0.15) is 5.75 Å². The number of amides is 1. The summed E-state index contributed by atoms with van der Waals surface area (Å²) in [7, 11) is 0. The predicted molar refractivity (Wildman–Crippen MR) is 110 cm³/mol. The van der Waals surface area contributed by atoms with E-state index in [1.165, 1.54) is 6.26 Å². The number of esters is 1. The van der Waals surface area contributed by atoms with Crippen molar-refractivity contribution >= 4 is 11.9 Å². The Morgan fingerprint density at radius 3 is 2.47 bits per heavy atom. The van der Waals surface area contributed by atoms with E-state index in [0.717, 1.165) is 0 Å². The Balaban J connectivity index is 1.68. The average Bonchev–Trinajstić information content (AvgIpc) is 3.22. The van der Waals surface area contributed by atoms with Gasteiger partial charge in [0.05, 0.1) is 18.0 Å². The van der Waals surface area contributed by atoms with Crippen LogP contribution in [0.15, 0.2) is 47.1 Å². The summed E-state index contributed by atoms with van der Waals surface area (Å²) < 4.78 is 16.3. The Morgan fingerprint density at radius 2 is 1.87 bits per heavy atom. The molecule has 1 aromatic heterocycles. The van der Waals surface area contributed by atoms with E-state index in [9.17, 15) is 14.7 Å². The largest absolute Gasteiger partial charge is 0.476 e. The fourth-order valence-electron chi connectivity index (χ4n) is 3.47. The zero-order valence-corrected chi connectivity index (χ0v) is 17.9. The molecule has 0 atom stereocenters. The maximum atomic E-state index is 12.4. The molecule has 2 heterocycles. The van der Waals surface area contributed by atoms with Gasteiger partial charge in [-0.15, -0.1) is 0 Å². The zero-order chi connectivity index (χ0) is 21.9. The Bertz CT molecular complexity index is 879. The summed E-state index contributed by atoms with van der Waals surface area (Å²) >= 11 is 0. The van der Waals surface area contributed by atoms with Crippen molar-refractivity contribution in [2.75, 3.05) is 13.1 Å². The third-order valence-electron chi connectivity index (χ3n) is 5.19. The highest BCUT2D eigenvalue weighted by molar-refractivity contribution is 5.91. The van der Waals surface area contributed by atoms with Crippen LogP contribution in [0, 0.1) is 0 Å². The second-order valence-corrected chi connectivity index (χ2v) is 8.40. The number of nitrogens with zero attached hydrogens (tertiary/aromatic N) is 1. The predicted octanol–water partition coefficient (Wildman–Crippen LogP) is 3.51. The molecule has 2 aromatic rings. The van der Waals surface area contributed by atoms with Crippen molar-refractivity contribution < 1.29 is 28.6 Å². The first-order valence-electron chi connectivity index (χ1n) is 10.2. The van der Waals surface area contributed by atoms with Crippen LogP contribution >= 0.6 is 0 Å². The number of hydrogen-bond acceptors (Lipinski definition) is 6. The van der Waals surface area contributed by atoms with E-state index >= 15 is 0 Å². The number of carbonyl (C=O) groups excluding carboxylic acids is 2. The van der Waals surface area contributed by atoms with Crippen molar-refractivity contribution in [2.45, 2.75) is 57.8 Å². The minimum absolute atomic E-state index is 0.176. The SMILES string of the molecule is CC(C)OC(=O)C(C)(C)Oc1cccc(C2(O)CCN(C(=O)c3ccco3)CC2)c1. The molecular weight excluding hydrogens is 386 g/mol. The van der Waals surface area contributed by atoms with Gasteiger partial charge in [-0.1, -0.05) is 12.1 Å². The summed E-state index contributed by atoms with van der Waals surface area (Å²) in [4.78, 5) is 26.4. The number of aliphatic hydroxyl groups is 1. The molecule has 1 amide bonds. The van der Waals surface area contributed by atoms with Gasteiger partial charge in [0.25, 0.3) is 5.91 Å². The minimum Gasteiger partial charge on any atom is -0.476 e. The molecular formula is C23H29NO6. The van der Waals surface area contributed by atoms with Gasteiger partial charge in [0, 0.05) is 13.1 Å². The van der Waals surface area contributed by atoms with Crippen LogP contribution in [0.25, 0.3) is 0 Å². The standard InChI is InChI=1S/C23H29NO6/c1-16(2)29-21(26)22(3,4)30-18-8-5-7-17(15-18)23(27)10-12-24(13-11-23)20(25)19-9-6-14-28-19/h5-9,14-16,27H,10-13H2,1-4H3. The summed E-state index contributed by atoms with van der Waals surface area (Å²) in [5, 5.41) is 11.2. The highest BCUT2D eigenvalue weighted by atomic mass is 16.6. The molecule has 0 unspecified atom stereocenters. The molecule has 0 spiro atoms. The third-order valence-corrected chi connectivity index (χ3v) is 5.19. The summed E-state index contributed by atoms with van der Waals surface area (Å²) in [5.41, 5.74) is -1.55. The second kappa shape index (κ2) is 8.52. The van der Waals surface area contributed by atoms with Gasteiger partial charge >= 0.3 is 5.97 Å². The molecule has 0 aliphatic carbocycles. The lowest BCUT2D eigenvalue weighted by Gasteiger charge is -2.38. The fourth-order valence-corrected chi connectivity index (χ4v) is 3.47. The van der Waals surface area contributed by atoms with E-state index in [1.807, 2.05) is 6.07 Å². The number of furan rings is 1. The van der Waals surface area contributed by atoms with Crippen LogP contribution in [0.4, 0.5) is 0 Å². The molecule has 0 radical (unpaired) electrons. The molecule has 1 aliphatic rings. The monoisotopic (exact) mass is 415 g/mol. The minimum atomic E-state index is -1.16. The third kappa shape index (κ3) is 4.84. The van der Waals surface area contributed by atoms with Gasteiger partial charge in [0.15, 0.2) is 11.4 Å². The van der Waals surface area contributed by atoms with Crippen molar-refractivity contribution in [3.63, 3.8) is 0 Å². The van der Waals surface area contributed by atoms with Crippen molar-refractivity contribution in [3.05, 3.63) is 54.0 Å². The van der Waals surface area contributed by atoms with Gasteiger partial charge < -0.3 is 23.9 Å². The molecule has 3 rings (SSSR count). The van der Waals surface area contributed by atoms with Crippen molar-refractivity contribution in [1.29, 1.82) is 0 Å². The van der Waals surface area contributed by atoms with Crippen LogP contribution in [0.1, 0.15) is 56.7 Å². The van der Waals surface area contributed by atoms with Crippen molar-refractivity contribution in [2.24, 2.45) is 0 Å². The van der Waals surface area contributed by atoms with E-state index in [2.05, 4.69) is 0 Å². The lowest BCUT2D eigenvalue weighted by molar-refractivity contribution is -0.163. The number of rotatable bonds is 6. The van der Waals surface area contributed by atoms with Gasteiger partial charge in [-0.3, -0.25) is 4.79 Å². The molecule has 7 nitrogen and oxygen atoms in total. The number of benzene rings is 1. The zero-order valence-electron chi connectivity index (χ0n) is 17.9. The molecule has 1 aromatic carbocycles. The molecule has 0 saturated carbocycles. The van der Waals surface area contributed by atoms with E-state index in [-0.39, 0.29) is 12.0 Å². The van der Waals surface area contributed by atoms with Crippen LogP contribution in [0.2, 0.25) is 0 Å². The lowest BCUT2D eigenvalue weighted by atomic mass is 9.84. The van der Waals surface area contributed by atoms with Crippen molar-refractivity contribution in [3.8, 4) is 5.75 Å². The number of ether oxygens (including phenoxy) is 2. The quantitative estimate of drug-likeness (QED) is 0.727. The smallest absolute Gasteiger partial charge is 0.350 e.